The van der Waals surface area contributed by atoms with Gasteiger partial charge in [-0.1, -0.05) is 18.2 Å². The van der Waals surface area contributed by atoms with Crippen molar-refractivity contribution in [3.8, 4) is 6.07 Å². The molecule has 1 heterocycles. The number of aliphatic hydroxyl groups is 1. The second kappa shape index (κ2) is 5.94. The summed E-state index contributed by atoms with van der Waals surface area (Å²) in [6, 6.07) is 11.3. The number of nitriles is 1. The van der Waals surface area contributed by atoms with Crippen LogP contribution in [0.3, 0.4) is 0 Å². The van der Waals surface area contributed by atoms with Crippen LogP contribution in [-0.2, 0) is 0 Å². The van der Waals surface area contributed by atoms with Crippen LogP contribution in [-0.4, -0.2) is 16.6 Å². The number of hydrogen-bond acceptors (Lipinski definition) is 4. The lowest BCUT2D eigenvalue weighted by Crippen LogP contribution is -2.14. The third kappa shape index (κ3) is 3.06. The number of benzene rings is 1. The van der Waals surface area contributed by atoms with Gasteiger partial charge in [0, 0.05) is 18.3 Å². The van der Waals surface area contributed by atoms with E-state index in [1.165, 1.54) is 12.1 Å². The van der Waals surface area contributed by atoms with Gasteiger partial charge in [0.15, 0.2) is 0 Å². The highest BCUT2D eigenvalue weighted by Gasteiger charge is 2.12. The first-order valence-electron chi connectivity index (χ1n) is 5.74. The van der Waals surface area contributed by atoms with Crippen LogP contribution < -0.4 is 5.32 Å². The van der Waals surface area contributed by atoms with E-state index < -0.39 is 11.9 Å². The van der Waals surface area contributed by atoms with Gasteiger partial charge in [0.05, 0.1) is 11.7 Å². The quantitative estimate of drug-likeness (QED) is 0.881. The topological polar surface area (TPSA) is 68.9 Å². The minimum atomic E-state index is -1.00. The monoisotopic (exact) mass is 257 g/mol. The Labute approximate surface area is 110 Å². The smallest absolute Gasteiger partial charge is 0.143 e. The van der Waals surface area contributed by atoms with E-state index in [-0.39, 0.29) is 12.1 Å². The second-order valence-electron chi connectivity index (χ2n) is 3.93. The summed E-state index contributed by atoms with van der Waals surface area (Å²) in [6.07, 6.45) is 0.535. The molecule has 0 radical (unpaired) electrons. The molecular formula is C14H12FN3O. The van der Waals surface area contributed by atoms with Gasteiger partial charge in [-0.3, -0.25) is 0 Å². The molecule has 96 valence electrons. The molecule has 0 aliphatic heterocycles. The lowest BCUT2D eigenvalue weighted by atomic mass is 10.1. The van der Waals surface area contributed by atoms with E-state index in [9.17, 15) is 9.50 Å². The number of anilines is 1. The molecule has 0 spiro atoms. The lowest BCUT2D eigenvalue weighted by Gasteiger charge is -2.13. The Hall–Kier alpha value is -2.45. The van der Waals surface area contributed by atoms with Gasteiger partial charge < -0.3 is 10.4 Å². The summed E-state index contributed by atoms with van der Waals surface area (Å²) in [5, 5.41) is 21.6. The van der Waals surface area contributed by atoms with Crippen LogP contribution in [0.1, 0.15) is 17.2 Å². The molecule has 2 aromatic rings. The second-order valence-corrected chi connectivity index (χ2v) is 3.93. The van der Waals surface area contributed by atoms with Crippen molar-refractivity contribution in [3.63, 3.8) is 0 Å². The van der Waals surface area contributed by atoms with Crippen molar-refractivity contribution in [2.24, 2.45) is 0 Å². The molecule has 0 amide bonds. The van der Waals surface area contributed by atoms with Gasteiger partial charge in [0.2, 0.25) is 0 Å². The molecule has 0 unspecified atom stereocenters. The number of pyridine rings is 1. The van der Waals surface area contributed by atoms with Crippen LogP contribution in [0, 0.1) is 17.1 Å². The number of nitrogens with zero attached hydrogens (tertiary/aromatic N) is 2. The van der Waals surface area contributed by atoms with E-state index in [0.717, 1.165) is 0 Å². The van der Waals surface area contributed by atoms with Crippen LogP contribution >= 0.6 is 0 Å². The van der Waals surface area contributed by atoms with Crippen LogP contribution in [0.5, 0.6) is 0 Å². The Morgan fingerprint density at radius 2 is 2.11 bits per heavy atom. The zero-order valence-electron chi connectivity index (χ0n) is 10.0. The van der Waals surface area contributed by atoms with Gasteiger partial charge in [-0.15, -0.1) is 0 Å². The third-order valence-electron chi connectivity index (χ3n) is 2.66. The lowest BCUT2D eigenvalue weighted by molar-refractivity contribution is 0.186. The number of hydrogen-bond donors (Lipinski definition) is 2. The summed E-state index contributed by atoms with van der Waals surface area (Å²) in [4.78, 5) is 4.00. The molecule has 0 fully saturated rings. The van der Waals surface area contributed by atoms with E-state index in [1.807, 2.05) is 6.07 Å². The Kier molecular flexibility index (Phi) is 4.06. The fraction of sp³-hybridized carbons (Fsp3) is 0.143. The predicted octanol–water partition coefficient (Wildman–Crippen LogP) is 2.24. The van der Waals surface area contributed by atoms with Gasteiger partial charge in [0.1, 0.15) is 17.7 Å². The molecule has 1 aromatic carbocycles. The predicted molar refractivity (Wildman–Crippen MR) is 68.8 cm³/mol. The first-order valence-corrected chi connectivity index (χ1v) is 5.74. The van der Waals surface area contributed by atoms with E-state index in [0.29, 0.717) is 11.4 Å². The molecule has 5 heteroatoms. The van der Waals surface area contributed by atoms with Crippen LogP contribution in [0.2, 0.25) is 0 Å². The van der Waals surface area contributed by atoms with Crippen molar-refractivity contribution < 1.29 is 9.50 Å². The molecule has 2 N–H and O–H groups in total. The van der Waals surface area contributed by atoms with E-state index in [4.69, 9.17) is 5.26 Å². The highest BCUT2D eigenvalue weighted by atomic mass is 19.1. The minimum Gasteiger partial charge on any atom is -0.386 e. The maximum atomic E-state index is 13.5. The van der Waals surface area contributed by atoms with E-state index in [2.05, 4.69) is 10.3 Å². The van der Waals surface area contributed by atoms with Gasteiger partial charge in [-0.25, -0.2) is 9.37 Å². The average Bonchev–Trinajstić information content (AvgIpc) is 2.45. The number of rotatable bonds is 4. The highest BCUT2D eigenvalue weighted by Crippen LogP contribution is 2.18. The molecule has 1 aromatic heterocycles. The molecular weight excluding hydrogens is 245 g/mol. The normalized spacial score (nSPS) is 11.6. The summed E-state index contributed by atoms with van der Waals surface area (Å²) < 4.78 is 13.5. The fourth-order valence-electron chi connectivity index (χ4n) is 1.69. The van der Waals surface area contributed by atoms with E-state index in [1.54, 1.807) is 30.5 Å². The highest BCUT2D eigenvalue weighted by molar-refractivity contribution is 5.51. The number of halogens is 1. The Morgan fingerprint density at radius 1 is 1.32 bits per heavy atom. The van der Waals surface area contributed by atoms with Crippen molar-refractivity contribution in [3.05, 3.63) is 59.5 Å². The molecule has 0 aliphatic carbocycles. The molecule has 0 saturated carbocycles. The molecule has 0 saturated heterocycles. The average molecular weight is 257 g/mol. The Morgan fingerprint density at radius 3 is 2.84 bits per heavy atom. The maximum absolute atomic E-state index is 13.5. The summed E-state index contributed by atoms with van der Waals surface area (Å²) >= 11 is 0. The zero-order chi connectivity index (χ0) is 13.7. The van der Waals surface area contributed by atoms with Crippen LogP contribution in [0.4, 0.5) is 10.2 Å². The molecule has 2 rings (SSSR count). The van der Waals surface area contributed by atoms with Gasteiger partial charge in [0.25, 0.3) is 0 Å². The summed E-state index contributed by atoms with van der Waals surface area (Å²) in [5.74, 6) is -0.0845. The zero-order valence-corrected chi connectivity index (χ0v) is 10.0. The fourth-order valence-corrected chi connectivity index (χ4v) is 1.69. The Bertz CT molecular complexity index is 610. The summed E-state index contributed by atoms with van der Waals surface area (Å²) in [5.41, 5.74) is 0.590. The molecule has 19 heavy (non-hydrogen) atoms. The molecule has 4 nitrogen and oxygen atoms in total. The molecule has 0 aliphatic rings. The first kappa shape index (κ1) is 13.0. The number of aliphatic hydroxyl groups excluding tert-OH is 1. The van der Waals surface area contributed by atoms with Gasteiger partial charge in [-0.2, -0.15) is 5.26 Å². The van der Waals surface area contributed by atoms with Crippen molar-refractivity contribution in [1.82, 2.24) is 4.98 Å². The first-order chi connectivity index (χ1) is 9.22. The summed E-state index contributed by atoms with van der Waals surface area (Å²) in [7, 11) is 0. The SMILES string of the molecule is N#Cc1cccnc1NC[C@H](O)c1ccccc1F. The maximum Gasteiger partial charge on any atom is 0.143 e. The Balaban J connectivity index is 2.07. The summed E-state index contributed by atoms with van der Waals surface area (Å²) in [6.45, 7) is 0.0760. The number of aromatic nitrogens is 1. The van der Waals surface area contributed by atoms with Crippen molar-refractivity contribution in [2.45, 2.75) is 6.10 Å². The van der Waals surface area contributed by atoms with Gasteiger partial charge >= 0.3 is 0 Å². The third-order valence-corrected chi connectivity index (χ3v) is 2.66. The van der Waals surface area contributed by atoms with Gasteiger partial charge in [-0.05, 0) is 18.2 Å². The van der Waals surface area contributed by atoms with Crippen molar-refractivity contribution in [2.75, 3.05) is 11.9 Å². The number of nitrogens with one attached hydrogen (secondary N) is 1. The van der Waals surface area contributed by atoms with E-state index >= 15 is 0 Å². The van der Waals surface area contributed by atoms with Crippen molar-refractivity contribution >= 4 is 5.82 Å². The minimum absolute atomic E-state index is 0.0760. The van der Waals surface area contributed by atoms with Crippen LogP contribution in [0.25, 0.3) is 0 Å². The standard InChI is InChI=1S/C14H12FN3O/c15-12-6-2-1-5-11(12)13(19)9-18-14-10(8-16)4-3-7-17-14/h1-7,13,19H,9H2,(H,17,18)/t13-/m0/s1. The molecule has 0 bridgehead atoms. The van der Waals surface area contributed by atoms with Crippen LogP contribution in [0.15, 0.2) is 42.6 Å². The molecule has 1 atom stereocenters. The van der Waals surface area contributed by atoms with Crippen molar-refractivity contribution in [1.29, 1.82) is 5.26 Å². The largest absolute Gasteiger partial charge is 0.386 e.